The van der Waals surface area contributed by atoms with Gasteiger partial charge in [-0.15, -0.1) is 0 Å². The first-order valence-corrected chi connectivity index (χ1v) is 6.73. The first-order chi connectivity index (χ1) is 10.6. The van der Waals surface area contributed by atoms with Crippen molar-refractivity contribution in [3.63, 3.8) is 0 Å². The maximum Gasteiger partial charge on any atom is 0.339 e. The number of carbonyl (C=O) groups is 1. The number of para-hydroxylation sites is 1. The van der Waals surface area contributed by atoms with Crippen molar-refractivity contribution in [3.05, 3.63) is 59.8 Å². The molecule has 5 nitrogen and oxygen atoms in total. The van der Waals surface area contributed by atoms with Crippen LogP contribution >= 0.6 is 0 Å². The summed E-state index contributed by atoms with van der Waals surface area (Å²) in [5, 5.41) is 9.83. The zero-order chi connectivity index (χ0) is 15.7. The third kappa shape index (κ3) is 2.33. The van der Waals surface area contributed by atoms with E-state index in [0.717, 1.165) is 0 Å². The van der Waals surface area contributed by atoms with Gasteiger partial charge in [0.1, 0.15) is 17.1 Å². The lowest BCUT2D eigenvalue weighted by atomic mass is 10.1. The van der Waals surface area contributed by atoms with Crippen molar-refractivity contribution >= 4 is 22.6 Å². The van der Waals surface area contributed by atoms with Gasteiger partial charge in [0.25, 0.3) is 0 Å². The summed E-state index contributed by atoms with van der Waals surface area (Å²) in [6.45, 7) is 1.63. The van der Waals surface area contributed by atoms with Crippen LogP contribution in [0.4, 0.5) is 5.69 Å². The molecule has 0 radical (unpaired) electrons. The van der Waals surface area contributed by atoms with E-state index in [0.29, 0.717) is 28.1 Å². The number of hydrogen-bond donors (Lipinski definition) is 2. The highest BCUT2D eigenvalue weighted by Crippen LogP contribution is 2.35. The van der Waals surface area contributed by atoms with E-state index in [-0.39, 0.29) is 11.3 Å². The Balaban J connectivity index is 2.23. The summed E-state index contributed by atoms with van der Waals surface area (Å²) in [6.07, 6.45) is 0. The average Bonchev–Trinajstić information content (AvgIpc) is 2.47. The predicted octanol–water partition coefficient (Wildman–Crippen LogP) is 3.62. The van der Waals surface area contributed by atoms with E-state index in [1.165, 1.54) is 0 Å². The first kappa shape index (κ1) is 13.9. The van der Waals surface area contributed by atoms with Crippen molar-refractivity contribution in [2.24, 2.45) is 0 Å². The van der Waals surface area contributed by atoms with Gasteiger partial charge >= 0.3 is 5.97 Å². The number of aryl methyl sites for hydroxylation is 1. The molecule has 0 atom stereocenters. The van der Waals surface area contributed by atoms with Gasteiger partial charge in [-0.25, -0.2) is 4.79 Å². The van der Waals surface area contributed by atoms with E-state index < -0.39 is 5.97 Å². The van der Waals surface area contributed by atoms with Crippen molar-refractivity contribution in [3.8, 4) is 11.5 Å². The molecule has 3 N–H and O–H groups in total. The van der Waals surface area contributed by atoms with Crippen LogP contribution in [-0.2, 0) is 0 Å². The topological polar surface area (TPSA) is 85.4 Å². The Bertz CT molecular complexity index is 861. The molecule has 0 fully saturated rings. The lowest BCUT2D eigenvalue weighted by Gasteiger charge is -2.13. The van der Waals surface area contributed by atoms with Gasteiger partial charge in [0.05, 0.1) is 22.3 Å². The molecule has 5 heteroatoms. The lowest BCUT2D eigenvalue weighted by Crippen LogP contribution is -2.08. The second kappa shape index (κ2) is 5.37. The number of anilines is 1. The predicted molar refractivity (Wildman–Crippen MR) is 84.4 cm³/mol. The number of carboxylic acids is 1. The molecule has 0 saturated carbocycles. The minimum Gasteiger partial charge on any atom is -0.478 e. The molecule has 1 aromatic heterocycles. The summed E-state index contributed by atoms with van der Waals surface area (Å²) in [7, 11) is 0. The highest BCUT2D eigenvalue weighted by atomic mass is 16.5. The summed E-state index contributed by atoms with van der Waals surface area (Å²) in [6, 6.07) is 14.6. The van der Waals surface area contributed by atoms with Crippen LogP contribution in [0.25, 0.3) is 10.9 Å². The summed E-state index contributed by atoms with van der Waals surface area (Å²) < 4.78 is 5.83. The van der Waals surface area contributed by atoms with Crippen LogP contribution < -0.4 is 10.5 Å². The molecule has 0 unspecified atom stereocenters. The van der Waals surface area contributed by atoms with Gasteiger partial charge in [-0.2, -0.15) is 0 Å². The molecule has 0 aliphatic carbocycles. The number of hydrogen-bond acceptors (Lipinski definition) is 4. The average molecular weight is 294 g/mol. The number of ether oxygens (including phenoxy) is 1. The van der Waals surface area contributed by atoms with Gasteiger partial charge in [-0.1, -0.05) is 24.3 Å². The molecule has 0 saturated heterocycles. The Morgan fingerprint density at radius 2 is 1.86 bits per heavy atom. The Morgan fingerprint density at radius 3 is 2.55 bits per heavy atom. The molecule has 3 aromatic rings. The number of carboxylic acid groups (broad SMARTS) is 1. The van der Waals surface area contributed by atoms with E-state index in [9.17, 15) is 9.90 Å². The van der Waals surface area contributed by atoms with Gasteiger partial charge in [0.15, 0.2) is 0 Å². The van der Waals surface area contributed by atoms with Gasteiger partial charge in [-0.3, -0.25) is 4.98 Å². The molecule has 1 heterocycles. The summed E-state index contributed by atoms with van der Waals surface area (Å²) >= 11 is 0. The Hall–Kier alpha value is -3.08. The molecule has 2 aromatic carbocycles. The number of pyridine rings is 1. The quantitative estimate of drug-likeness (QED) is 0.770. The number of nitrogen functional groups attached to an aromatic ring is 1. The fourth-order valence-corrected chi connectivity index (χ4v) is 2.41. The summed E-state index contributed by atoms with van der Waals surface area (Å²) in [4.78, 5) is 15.7. The van der Waals surface area contributed by atoms with E-state index in [2.05, 4.69) is 4.98 Å². The molecular weight excluding hydrogens is 280 g/mol. The van der Waals surface area contributed by atoms with Gasteiger partial charge in [0.2, 0.25) is 0 Å². The van der Waals surface area contributed by atoms with Crippen LogP contribution in [0.3, 0.4) is 0 Å². The largest absolute Gasteiger partial charge is 0.478 e. The summed E-state index contributed by atoms with van der Waals surface area (Å²) in [5.41, 5.74) is 7.24. The molecule has 0 aliphatic rings. The van der Waals surface area contributed by atoms with Gasteiger partial charge < -0.3 is 15.6 Å². The van der Waals surface area contributed by atoms with Crippen LogP contribution in [0.15, 0.2) is 48.5 Å². The molecule has 22 heavy (non-hydrogen) atoms. The summed E-state index contributed by atoms with van der Waals surface area (Å²) in [5.74, 6) is 0.0296. The van der Waals surface area contributed by atoms with Crippen molar-refractivity contribution in [2.45, 2.75) is 6.92 Å². The highest BCUT2D eigenvalue weighted by molar-refractivity contribution is 6.06. The highest BCUT2D eigenvalue weighted by Gasteiger charge is 2.19. The SMILES string of the molecule is Cc1nc2cccc(Oc3ccccc3)c2c(N)c1C(=O)O. The molecule has 110 valence electrons. The third-order valence-electron chi connectivity index (χ3n) is 3.38. The standard InChI is InChI=1S/C17H14N2O3/c1-10-14(17(20)21)16(18)15-12(19-10)8-5-9-13(15)22-11-6-3-2-4-7-11/h2-9H,1H3,(H2,18,19)(H,20,21). The fraction of sp³-hybridized carbons (Fsp3) is 0.0588. The number of aromatic carboxylic acids is 1. The normalized spacial score (nSPS) is 10.6. The second-order valence-corrected chi connectivity index (χ2v) is 4.86. The van der Waals surface area contributed by atoms with Crippen molar-refractivity contribution in [1.82, 2.24) is 4.98 Å². The molecule has 3 rings (SSSR count). The lowest BCUT2D eigenvalue weighted by molar-refractivity contribution is 0.0697. The zero-order valence-electron chi connectivity index (χ0n) is 11.9. The number of nitrogens with two attached hydrogens (primary N) is 1. The van der Waals surface area contributed by atoms with Crippen LogP contribution in [0.2, 0.25) is 0 Å². The molecule has 0 amide bonds. The Kier molecular flexibility index (Phi) is 3.39. The maximum atomic E-state index is 11.4. The number of aromatic nitrogens is 1. The molecule has 0 spiro atoms. The Labute approximate surface area is 127 Å². The Morgan fingerprint density at radius 1 is 1.14 bits per heavy atom. The van der Waals surface area contributed by atoms with Gasteiger partial charge in [-0.05, 0) is 31.2 Å². The molecule has 0 bridgehead atoms. The van der Waals surface area contributed by atoms with E-state index in [1.54, 1.807) is 25.1 Å². The van der Waals surface area contributed by atoms with Crippen LogP contribution in [0, 0.1) is 6.92 Å². The van der Waals surface area contributed by atoms with Crippen LogP contribution in [0.5, 0.6) is 11.5 Å². The van der Waals surface area contributed by atoms with Crippen LogP contribution in [0.1, 0.15) is 16.1 Å². The number of fused-ring (bicyclic) bond motifs is 1. The van der Waals surface area contributed by atoms with Crippen molar-refractivity contribution < 1.29 is 14.6 Å². The minimum absolute atomic E-state index is 0.0108. The van der Waals surface area contributed by atoms with Crippen molar-refractivity contribution in [1.29, 1.82) is 0 Å². The number of benzene rings is 2. The molecule has 0 aliphatic heterocycles. The van der Waals surface area contributed by atoms with E-state index >= 15 is 0 Å². The zero-order valence-corrected chi connectivity index (χ0v) is 11.9. The van der Waals surface area contributed by atoms with Crippen LogP contribution in [-0.4, -0.2) is 16.1 Å². The monoisotopic (exact) mass is 294 g/mol. The van der Waals surface area contributed by atoms with E-state index in [4.69, 9.17) is 10.5 Å². The van der Waals surface area contributed by atoms with E-state index in [1.807, 2.05) is 30.3 Å². The second-order valence-electron chi connectivity index (χ2n) is 4.86. The number of nitrogens with zero attached hydrogens (tertiary/aromatic N) is 1. The third-order valence-corrected chi connectivity index (χ3v) is 3.38. The fourth-order valence-electron chi connectivity index (χ4n) is 2.41. The van der Waals surface area contributed by atoms with Gasteiger partial charge in [0, 0.05) is 0 Å². The number of rotatable bonds is 3. The first-order valence-electron chi connectivity index (χ1n) is 6.73. The maximum absolute atomic E-state index is 11.4. The smallest absolute Gasteiger partial charge is 0.339 e. The minimum atomic E-state index is -1.10. The van der Waals surface area contributed by atoms with Crippen molar-refractivity contribution in [2.75, 3.05) is 5.73 Å². The molecular formula is C17H14N2O3.